The van der Waals surface area contributed by atoms with Crippen molar-refractivity contribution in [3.63, 3.8) is 0 Å². The summed E-state index contributed by atoms with van der Waals surface area (Å²) in [6, 6.07) is 9.36. The third-order valence-corrected chi connectivity index (χ3v) is 2.94. The Labute approximate surface area is 97.5 Å². The molecule has 3 aromatic rings. The van der Waals surface area contributed by atoms with Crippen LogP contribution in [0.2, 0.25) is 0 Å². The van der Waals surface area contributed by atoms with Gasteiger partial charge in [0, 0.05) is 5.39 Å². The molecule has 2 aromatic heterocycles. The number of pyridine rings is 1. The first kappa shape index (κ1) is 9.96. The maximum atomic E-state index is 12.2. The molecule has 0 amide bonds. The van der Waals surface area contributed by atoms with Crippen LogP contribution < -0.4 is 5.56 Å². The zero-order valence-corrected chi connectivity index (χ0v) is 9.64. The van der Waals surface area contributed by atoms with Crippen LogP contribution in [-0.4, -0.2) is 14.6 Å². The summed E-state index contributed by atoms with van der Waals surface area (Å²) in [5, 5.41) is 5.83. The molecule has 2 heterocycles. The van der Waals surface area contributed by atoms with E-state index in [0.717, 1.165) is 16.8 Å². The molecule has 1 aromatic carbocycles. The van der Waals surface area contributed by atoms with E-state index in [-0.39, 0.29) is 5.56 Å². The smallest absolute Gasteiger partial charge is 0.267 e. The molecule has 0 aliphatic rings. The molecule has 4 heteroatoms. The second kappa shape index (κ2) is 3.38. The van der Waals surface area contributed by atoms with Gasteiger partial charge >= 0.3 is 0 Å². The highest BCUT2D eigenvalue weighted by molar-refractivity contribution is 5.84. The molecule has 0 atom stereocenters. The third-order valence-electron chi connectivity index (χ3n) is 2.94. The van der Waals surface area contributed by atoms with Crippen molar-refractivity contribution in [1.29, 1.82) is 0 Å². The molecule has 0 fully saturated rings. The largest absolute Gasteiger partial charge is 0.280 e. The summed E-state index contributed by atoms with van der Waals surface area (Å²) in [5.41, 5.74) is 2.10. The lowest BCUT2D eigenvalue weighted by Gasteiger charge is -2.05. The Morgan fingerprint density at radius 2 is 1.88 bits per heavy atom. The fourth-order valence-corrected chi connectivity index (χ4v) is 1.89. The standard InChI is InChI=1S/C13H11N3O/c1-8-9(2)15-16-12(14-8)7-10-5-3-4-6-11(10)13(16)17/h3-7H,1-2H3. The van der Waals surface area contributed by atoms with Crippen LogP contribution >= 0.6 is 0 Å². The second-order valence-electron chi connectivity index (χ2n) is 4.09. The Bertz CT molecular complexity index is 790. The van der Waals surface area contributed by atoms with Gasteiger partial charge in [-0.05, 0) is 31.4 Å². The number of benzene rings is 1. The molecule has 0 radical (unpaired) electrons. The summed E-state index contributed by atoms with van der Waals surface area (Å²) < 4.78 is 1.37. The van der Waals surface area contributed by atoms with Crippen LogP contribution in [0.1, 0.15) is 11.4 Å². The molecule has 0 unspecified atom stereocenters. The number of hydrogen-bond acceptors (Lipinski definition) is 3. The van der Waals surface area contributed by atoms with Gasteiger partial charge in [-0.3, -0.25) is 4.79 Å². The molecule has 0 spiro atoms. The normalized spacial score (nSPS) is 11.2. The quantitative estimate of drug-likeness (QED) is 0.549. The molecule has 17 heavy (non-hydrogen) atoms. The average Bonchev–Trinajstić information content (AvgIpc) is 2.32. The van der Waals surface area contributed by atoms with Crippen LogP contribution in [0.15, 0.2) is 35.1 Å². The summed E-state index contributed by atoms with van der Waals surface area (Å²) in [5.74, 6) is 0. The minimum Gasteiger partial charge on any atom is -0.267 e. The molecule has 0 aliphatic carbocycles. The van der Waals surface area contributed by atoms with Crippen LogP contribution in [0.3, 0.4) is 0 Å². The van der Waals surface area contributed by atoms with Crippen LogP contribution in [-0.2, 0) is 0 Å². The summed E-state index contributed by atoms with van der Waals surface area (Å²) in [6.07, 6.45) is 0. The highest BCUT2D eigenvalue weighted by Crippen LogP contribution is 2.11. The fourth-order valence-electron chi connectivity index (χ4n) is 1.89. The van der Waals surface area contributed by atoms with E-state index in [0.29, 0.717) is 11.0 Å². The SMILES string of the molecule is Cc1nc2cc3ccccc3c(=O)n2nc1C. The van der Waals surface area contributed by atoms with Gasteiger partial charge in [-0.25, -0.2) is 4.98 Å². The van der Waals surface area contributed by atoms with E-state index in [4.69, 9.17) is 0 Å². The van der Waals surface area contributed by atoms with E-state index in [1.807, 2.05) is 38.1 Å². The van der Waals surface area contributed by atoms with Crippen molar-refractivity contribution in [3.8, 4) is 0 Å². The van der Waals surface area contributed by atoms with Crippen molar-refractivity contribution < 1.29 is 0 Å². The third kappa shape index (κ3) is 1.41. The molecule has 0 saturated heterocycles. The van der Waals surface area contributed by atoms with Gasteiger partial charge in [-0.1, -0.05) is 18.2 Å². The van der Waals surface area contributed by atoms with E-state index in [1.165, 1.54) is 4.52 Å². The monoisotopic (exact) mass is 225 g/mol. The Hall–Kier alpha value is -2.23. The molecule has 84 valence electrons. The molecule has 3 rings (SSSR count). The number of fused-ring (bicyclic) bond motifs is 2. The molecule has 4 nitrogen and oxygen atoms in total. The van der Waals surface area contributed by atoms with Crippen LogP contribution in [0.25, 0.3) is 16.4 Å². The molecule has 0 saturated carbocycles. The van der Waals surface area contributed by atoms with E-state index in [1.54, 1.807) is 6.07 Å². The average molecular weight is 225 g/mol. The molecular formula is C13H11N3O. The van der Waals surface area contributed by atoms with Crippen LogP contribution in [0.4, 0.5) is 0 Å². The highest BCUT2D eigenvalue weighted by Gasteiger charge is 2.06. The second-order valence-corrected chi connectivity index (χ2v) is 4.09. The topological polar surface area (TPSA) is 47.3 Å². The number of nitrogens with zero attached hydrogens (tertiary/aromatic N) is 3. The summed E-state index contributed by atoms with van der Waals surface area (Å²) in [7, 11) is 0. The Kier molecular flexibility index (Phi) is 1.98. The van der Waals surface area contributed by atoms with Crippen molar-refractivity contribution in [2.45, 2.75) is 13.8 Å². The molecule has 0 N–H and O–H groups in total. The van der Waals surface area contributed by atoms with Gasteiger partial charge in [0.2, 0.25) is 0 Å². The summed E-state index contributed by atoms with van der Waals surface area (Å²) in [4.78, 5) is 16.6. The molecule has 0 aliphatic heterocycles. The van der Waals surface area contributed by atoms with Crippen molar-refractivity contribution in [2.24, 2.45) is 0 Å². The van der Waals surface area contributed by atoms with E-state index < -0.39 is 0 Å². The van der Waals surface area contributed by atoms with E-state index in [9.17, 15) is 4.79 Å². The minimum absolute atomic E-state index is 0.117. The first-order valence-corrected chi connectivity index (χ1v) is 5.43. The lowest BCUT2D eigenvalue weighted by Crippen LogP contribution is -2.18. The van der Waals surface area contributed by atoms with Crippen molar-refractivity contribution >= 4 is 16.4 Å². The zero-order valence-electron chi connectivity index (χ0n) is 9.64. The van der Waals surface area contributed by atoms with Gasteiger partial charge < -0.3 is 0 Å². The fraction of sp³-hybridized carbons (Fsp3) is 0.154. The summed E-state index contributed by atoms with van der Waals surface area (Å²) in [6.45, 7) is 3.74. The highest BCUT2D eigenvalue weighted by atomic mass is 16.1. The number of aromatic nitrogens is 3. The van der Waals surface area contributed by atoms with Crippen molar-refractivity contribution in [2.75, 3.05) is 0 Å². The Morgan fingerprint density at radius 1 is 1.12 bits per heavy atom. The summed E-state index contributed by atoms with van der Waals surface area (Å²) >= 11 is 0. The van der Waals surface area contributed by atoms with Crippen molar-refractivity contribution in [3.05, 3.63) is 52.1 Å². The van der Waals surface area contributed by atoms with Gasteiger partial charge in [0.15, 0.2) is 5.65 Å². The van der Waals surface area contributed by atoms with E-state index in [2.05, 4.69) is 10.1 Å². The van der Waals surface area contributed by atoms with Gasteiger partial charge in [-0.2, -0.15) is 9.61 Å². The number of rotatable bonds is 0. The van der Waals surface area contributed by atoms with Crippen LogP contribution in [0, 0.1) is 13.8 Å². The predicted octanol–water partition coefficient (Wildman–Crippen LogP) is 1.86. The number of aryl methyl sites for hydroxylation is 2. The van der Waals surface area contributed by atoms with Gasteiger partial charge in [0.05, 0.1) is 11.4 Å². The Balaban J connectivity index is 2.60. The van der Waals surface area contributed by atoms with Crippen molar-refractivity contribution in [1.82, 2.24) is 14.6 Å². The molecule has 0 bridgehead atoms. The minimum atomic E-state index is -0.117. The van der Waals surface area contributed by atoms with Crippen LogP contribution in [0.5, 0.6) is 0 Å². The first-order chi connectivity index (χ1) is 8.16. The predicted molar refractivity (Wildman–Crippen MR) is 66.2 cm³/mol. The van der Waals surface area contributed by atoms with Gasteiger partial charge in [-0.15, -0.1) is 0 Å². The Morgan fingerprint density at radius 3 is 2.71 bits per heavy atom. The number of hydrogen-bond donors (Lipinski definition) is 0. The molecular weight excluding hydrogens is 214 g/mol. The lowest BCUT2D eigenvalue weighted by molar-refractivity contribution is 0.825. The van der Waals surface area contributed by atoms with E-state index >= 15 is 0 Å². The first-order valence-electron chi connectivity index (χ1n) is 5.43. The van der Waals surface area contributed by atoms with Gasteiger partial charge in [0.25, 0.3) is 5.56 Å². The maximum absolute atomic E-state index is 12.2. The maximum Gasteiger partial charge on any atom is 0.280 e. The zero-order chi connectivity index (χ0) is 12.0. The van der Waals surface area contributed by atoms with Gasteiger partial charge in [0.1, 0.15) is 0 Å². The lowest BCUT2D eigenvalue weighted by atomic mass is 10.2.